The van der Waals surface area contributed by atoms with Crippen molar-refractivity contribution >= 4 is 19.0 Å². The van der Waals surface area contributed by atoms with Crippen LogP contribution in [-0.2, 0) is 0 Å². The van der Waals surface area contributed by atoms with E-state index in [1.807, 2.05) is 0 Å². The maximum absolute atomic E-state index is 2.23. The number of fused-ring (bicyclic) bond motifs is 1. The first-order chi connectivity index (χ1) is 5.29. The van der Waals surface area contributed by atoms with Gasteiger partial charge in [-0.05, 0) is 35.2 Å². The molecule has 0 atom stereocenters. The first-order valence-corrected chi connectivity index (χ1v) is 4.83. The van der Waals surface area contributed by atoms with Crippen molar-refractivity contribution in [3.8, 4) is 0 Å². The van der Waals surface area contributed by atoms with Crippen LogP contribution in [0.25, 0.3) is 10.8 Å². The molecule has 0 bridgehead atoms. The Hall–Kier alpha value is -0.740. The summed E-state index contributed by atoms with van der Waals surface area (Å²) in [7, 11) is 0.927. The molecule has 0 aliphatic carbocycles. The Morgan fingerprint density at radius 3 is 1.82 bits per heavy atom. The number of hydrogen-bond donors (Lipinski definition) is 0. The standard InChI is InChI=1S/C10H11P/c1-7-9-5-3-4-6-10(9)8(2)11-7/h3-6,11H,1-2H3. The molecule has 11 heavy (non-hydrogen) atoms. The second kappa shape index (κ2) is 2.39. The predicted octanol–water partition coefficient (Wildman–Crippen LogP) is 3.49. The van der Waals surface area contributed by atoms with Crippen molar-refractivity contribution in [1.82, 2.24) is 0 Å². The summed E-state index contributed by atoms with van der Waals surface area (Å²) < 4.78 is 0. The van der Waals surface area contributed by atoms with Crippen molar-refractivity contribution in [2.24, 2.45) is 0 Å². The van der Waals surface area contributed by atoms with Crippen LogP contribution >= 0.6 is 8.19 Å². The first kappa shape index (κ1) is 6.94. The fraction of sp³-hybridized carbons (Fsp3) is 0.200. The molecule has 0 N–H and O–H groups in total. The van der Waals surface area contributed by atoms with E-state index in [0.717, 1.165) is 8.19 Å². The molecule has 0 saturated heterocycles. The summed E-state index contributed by atoms with van der Waals surface area (Å²) >= 11 is 0. The van der Waals surface area contributed by atoms with Gasteiger partial charge in [-0.15, -0.1) is 8.19 Å². The van der Waals surface area contributed by atoms with E-state index in [0.29, 0.717) is 0 Å². The van der Waals surface area contributed by atoms with Gasteiger partial charge in [-0.1, -0.05) is 24.3 Å². The molecule has 0 radical (unpaired) electrons. The third kappa shape index (κ3) is 0.985. The molecule has 0 spiro atoms. The highest BCUT2D eigenvalue weighted by molar-refractivity contribution is 7.33. The Labute approximate surface area is 68.3 Å². The molecule has 56 valence electrons. The van der Waals surface area contributed by atoms with E-state index in [1.54, 1.807) is 0 Å². The van der Waals surface area contributed by atoms with Crippen molar-refractivity contribution in [2.45, 2.75) is 13.8 Å². The van der Waals surface area contributed by atoms with Gasteiger partial charge in [0.05, 0.1) is 0 Å². The van der Waals surface area contributed by atoms with Gasteiger partial charge < -0.3 is 0 Å². The van der Waals surface area contributed by atoms with E-state index in [4.69, 9.17) is 0 Å². The summed E-state index contributed by atoms with van der Waals surface area (Å²) in [4.78, 5) is 0. The summed E-state index contributed by atoms with van der Waals surface area (Å²) in [6, 6.07) is 8.67. The summed E-state index contributed by atoms with van der Waals surface area (Å²) in [6.45, 7) is 4.46. The van der Waals surface area contributed by atoms with Gasteiger partial charge in [0.25, 0.3) is 0 Å². The molecule has 1 aromatic carbocycles. The van der Waals surface area contributed by atoms with Gasteiger partial charge in [0, 0.05) is 0 Å². The lowest BCUT2D eigenvalue weighted by Gasteiger charge is -1.89. The van der Waals surface area contributed by atoms with Gasteiger partial charge in [0.1, 0.15) is 0 Å². The smallest absolute Gasteiger partial charge is 0.0112 e. The lowest BCUT2D eigenvalue weighted by Crippen LogP contribution is -1.65. The van der Waals surface area contributed by atoms with Crippen LogP contribution in [0.5, 0.6) is 0 Å². The van der Waals surface area contributed by atoms with Crippen molar-refractivity contribution in [3.63, 3.8) is 0 Å². The molecule has 0 aliphatic heterocycles. The van der Waals surface area contributed by atoms with Crippen LogP contribution in [0.3, 0.4) is 0 Å². The van der Waals surface area contributed by atoms with E-state index < -0.39 is 0 Å². The lowest BCUT2D eigenvalue weighted by atomic mass is 10.1. The molecular weight excluding hydrogens is 151 g/mol. The molecule has 0 saturated carbocycles. The Balaban J connectivity index is 2.95. The Morgan fingerprint density at radius 1 is 0.909 bits per heavy atom. The summed E-state index contributed by atoms with van der Waals surface area (Å²) in [6.07, 6.45) is 0. The van der Waals surface area contributed by atoms with Crippen molar-refractivity contribution in [2.75, 3.05) is 0 Å². The van der Waals surface area contributed by atoms with Crippen LogP contribution in [0.1, 0.15) is 10.6 Å². The molecular formula is C10H11P. The molecule has 2 aromatic rings. The highest BCUT2D eigenvalue weighted by Gasteiger charge is 2.00. The minimum atomic E-state index is 0.927. The SMILES string of the molecule is Cc1[pH]c(C)c2ccccc12. The minimum absolute atomic E-state index is 0.927. The highest BCUT2D eigenvalue weighted by Crippen LogP contribution is 2.33. The quantitative estimate of drug-likeness (QED) is 0.556. The second-order valence-electron chi connectivity index (χ2n) is 2.92. The van der Waals surface area contributed by atoms with Crippen LogP contribution in [0, 0.1) is 13.8 Å². The average Bonchev–Trinajstić information content (AvgIpc) is 2.30. The van der Waals surface area contributed by atoms with E-state index in [2.05, 4.69) is 38.1 Å². The maximum Gasteiger partial charge on any atom is -0.0112 e. The van der Waals surface area contributed by atoms with Gasteiger partial charge in [-0.2, -0.15) is 0 Å². The topological polar surface area (TPSA) is 0 Å². The zero-order valence-corrected chi connectivity index (χ0v) is 7.81. The lowest BCUT2D eigenvalue weighted by molar-refractivity contribution is 1.67. The molecule has 0 fully saturated rings. The van der Waals surface area contributed by atoms with Crippen molar-refractivity contribution in [1.29, 1.82) is 0 Å². The van der Waals surface area contributed by atoms with E-state index in [-0.39, 0.29) is 0 Å². The molecule has 0 unspecified atom stereocenters. The fourth-order valence-electron chi connectivity index (χ4n) is 1.55. The zero-order valence-electron chi connectivity index (χ0n) is 6.81. The van der Waals surface area contributed by atoms with Gasteiger partial charge in [0.2, 0.25) is 0 Å². The first-order valence-electron chi connectivity index (χ1n) is 3.83. The molecule has 1 heterocycles. The van der Waals surface area contributed by atoms with Crippen LogP contribution in [0.15, 0.2) is 24.3 Å². The van der Waals surface area contributed by atoms with Crippen LogP contribution in [0.2, 0.25) is 0 Å². The Morgan fingerprint density at radius 2 is 1.36 bits per heavy atom. The summed E-state index contributed by atoms with van der Waals surface area (Å²) in [5.41, 5.74) is 0. The van der Waals surface area contributed by atoms with E-state index >= 15 is 0 Å². The van der Waals surface area contributed by atoms with Gasteiger partial charge in [-0.25, -0.2) is 0 Å². The van der Waals surface area contributed by atoms with E-state index in [9.17, 15) is 0 Å². The van der Waals surface area contributed by atoms with Crippen LogP contribution < -0.4 is 0 Å². The van der Waals surface area contributed by atoms with Crippen molar-refractivity contribution in [3.05, 3.63) is 34.9 Å². The highest BCUT2D eigenvalue weighted by atomic mass is 31.0. The molecule has 0 nitrogen and oxygen atoms in total. The molecule has 0 amide bonds. The van der Waals surface area contributed by atoms with Gasteiger partial charge >= 0.3 is 0 Å². The second-order valence-corrected chi connectivity index (χ2v) is 4.67. The normalized spacial score (nSPS) is 10.7. The predicted molar refractivity (Wildman–Crippen MR) is 52.9 cm³/mol. The monoisotopic (exact) mass is 162 g/mol. The maximum atomic E-state index is 2.23. The van der Waals surface area contributed by atoms with Crippen LogP contribution in [0.4, 0.5) is 0 Å². The molecule has 1 aromatic heterocycles. The van der Waals surface area contributed by atoms with Gasteiger partial charge in [-0.3, -0.25) is 0 Å². The molecule has 2 rings (SSSR count). The fourth-order valence-corrected chi connectivity index (χ4v) is 2.82. The number of hydrogen-bond acceptors (Lipinski definition) is 0. The third-order valence-electron chi connectivity index (χ3n) is 2.11. The molecule has 1 heteroatoms. The van der Waals surface area contributed by atoms with Gasteiger partial charge in [0.15, 0.2) is 0 Å². The number of rotatable bonds is 0. The number of aryl methyl sites for hydroxylation is 2. The van der Waals surface area contributed by atoms with Crippen molar-refractivity contribution < 1.29 is 0 Å². The minimum Gasteiger partial charge on any atom is -0.133 e. The molecule has 0 aliphatic rings. The zero-order chi connectivity index (χ0) is 7.84. The largest absolute Gasteiger partial charge is 0.133 e. The number of benzene rings is 1. The summed E-state index contributed by atoms with van der Waals surface area (Å²) in [5, 5.41) is 6.00. The average molecular weight is 162 g/mol. The Kier molecular flexibility index (Phi) is 1.51. The Bertz CT molecular complexity index is 349. The summed E-state index contributed by atoms with van der Waals surface area (Å²) in [5.74, 6) is 0. The third-order valence-corrected chi connectivity index (χ3v) is 3.40. The van der Waals surface area contributed by atoms with Crippen LogP contribution in [-0.4, -0.2) is 0 Å². The van der Waals surface area contributed by atoms with E-state index in [1.165, 1.54) is 21.4 Å².